The van der Waals surface area contributed by atoms with Crippen molar-refractivity contribution in [3.63, 3.8) is 0 Å². The van der Waals surface area contributed by atoms with Crippen LogP contribution in [0.1, 0.15) is 11.1 Å². The van der Waals surface area contributed by atoms with Crippen LogP contribution >= 0.6 is 11.3 Å². The Kier molecular flexibility index (Phi) is 5.71. The minimum Gasteiger partial charge on any atom is -0.298 e. The fourth-order valence-electron chi connectivity index (χ4n) is 2.94. The smallest absolute Gasteiger partial charge is 0.151 e. The van der Waals surface area contributed by atoms with Gasteiger partial charge in [-0.3, -0.25) is 14.6 Å². The van der Waals surface area contributed by atoms with Crippen molar-refractivity contribution in [2.45, 2.75) is 13.0 Å². The molecular weight excluding hydrogens is 330 g/mol. The Labute approximate surface area is 144 Å². The molecule has 0 unspecified atom stereocenters. The zero-order chi connectivity index (χ0) is 16.9. The van der Waals surface area contributed by atoms with E-state index in [1.54, 1.807) is 11.3 Å². The zero-order valence-corrected chi connectivity index (χ0v) is 14.2. The summed E-state index contributed by atoms with van der Waals surface area (Å²) in [4.78, 5) is 16.3. The zero-order valence-electron chi connectivity index (χ0n) is 13.4. The molecule has 0 atom stereocenters. The third kappa shape index (κ3) is 4.69. The third-order valence-corrected chi connectivity index (χ3v) is 4.98. The summed E-state index contributed by atoms with van der Waals surface area (Å²) in [6.45, 7) is 3.90. The summed E-state index contributed by atoms with van der Waals surface area (Å²) in [5.41, 5.74) is 1.46. The number of benzene rings is 1. The fourth-order valence-corrected chi connectivity index (χ4v) is 3.61. The maximum absolute atomic E-state index is 13.7. The van der Waals surface area contributed by atoms with Gasteiger partial charge >= 0.3 is 0 Å². The lowest BCUT2D eigenvalue weighted by atomic mass is 10.1. The van der Waals surface area contributed by atoms with E-state index in [-0.39, 0.29) is 11.6 Å². The predicted molar refractivity (Wildman–Crippen MR) is 91.1 cm³/mol. The molecule has 1 aliphatic rings. The molecule has 0 aliphatic carbocycles. The normalized spacial score (nSPS) is 16.4. The number of halogens is 2. The monoisotopic (exact) mass is 350 g/mol. The van der Waals surface area contributed by atoms with E-state index in [0.717, 1.165) is 37.8 Å². The second-order valence-corrected chi connectivity index (χ2v) is 6.92. The second-order valence-electron chi connectivity index (χ2n) is 6.14. The van der Waals surface area contributed by atoms with Crippen LogP contribution in [0, 0.1) is 11.6 Å². The third-order valence-electron chi connectivity index (χ3n) is 4.25. The van der Waals surface area contributed by atoms with E-state index in [4.69, 9.17) is 0 Å². The van der Waals surface area contributed by atoms with E-state index in [1.807, 2.05) is 16.8 Å². The summed E-state index contributed by atoms with van der Waals surface area (Å²) in [6.07, 6.45) is 0.484. The first-order valence-electron chi connectivity index (χ1n) is 8.01. The lowest BCUT2D eigenvalue weighted by Gasteiger charge is -2.34. The molecule has 2 aromatic rings. The van der Waals surface area contributed by atoms with E-state index >= 15 is 0 Å². The van der Waals surface area contributed by atoms with Crippen LogP contribution in [0.3, 0.4) is 0 Å². The van der Waals surface area contributed by atoms with Crippen LogP contribution in [0.5, 0.6) is 0 Å². The van der Waals surface area contributed by atoms with Gasteiger partial charge in [-0.2, -0.15) is 11.3 Å². The Morgan fingerprint density at radius 1 is 1.08 bits per heavy atom. The van der Waals surface area contributed by atoms with Gasteiger partial charge in [-0.15, -0.1) is 0 Å². The van der Waals surface area contributed by atoms with Gasteiger partial charge in [-0.05, 0) is 40.6 Å². The van der Waals surface area contributed by atoms with Crippen LogP contribution in [0.2, 0.25) is 0 Å². The maximum Gasteiger partial charge on any atom is 0.151 e. The van der Waals surface area contributed by atoms with Crippen LogP contribution < -0.4 is 0 Å². The van der Waals surface area contributed by atoms with Gasteiger partial charge in [-0.1, -0.05) is 0 Å². The number of nitrogens with zero attached hydrogens (tertiary/aromatic N) is 2. The number of thiophene rings is 1. The molecule has 24 heavy (non-hydrogen) atoms. The van der Waals surface area contributed by atoms with Gasteiger partial charge in [0, 0.05) is 44.7 Å². The Bertz CT molecular complexity index is 682. The highest BCUT2D eigenvalue weighted by atomic mass is 32.1. The molecular formula is C18H20F2N2OS. The van der Waals surface area contributed by atoms with Crippen molar-refractivity contribution < 1.29 is 13.6 Å². The molecule has 1 fully saturated rings. The van der Waals surface area contributed by atoms with Crippen LogP contribution in [0.15, 0.2) is 35.0 Å². The Morgan fingerprint density at radius 2 is 1.83 bits per heavy atom. The lowest BCUT2D eigenvalue weighted by molar-refractivity contribution is -0.120. The van der Waals surface area contributed by atoms with Crippen molar-refractivity contribution >= 4 is 17.1 Å². The Morgan fingerprint density at radius 3 is 2.54 bits per heavy atom. The lowest BCUT2D eigenvalue weighted by Crippen LogP contribution is -2.47. The first-order valence-corrected chi connectivity index (χ1v) is 8.96. The molecule has 2 heterocycles. The number of hydrogen-bond acceptors (Lipinski definition) is 4. The van der Waals surface area contributed by atoms with Crippen molar-refractivity contribution in [1.29, 1.82) is 0 Å². The summed E-state index contributed by atoms with van der Waals surface area (Å²) in [7, 11) is 0. The molecule has 1 aromatic carbocycles. The van der Waals surface area contributed by atoms with Crippen molar-refractivity contribution in [2.24, 2.45) is 0 Å². The molecule has 0 N–H and O–H groups in total. The predicted octanol–water partition coefficient (Wildman–Crippen LogP) is 2.96. The number of ketones is 1. The number of Topliss-reactive ketones (excluding diaryl/α,β-unsaturated/α-hetero) is 1. The number of piperazine rings is 1. The summed E-state index contributed by atoms with van der Waals surface area (Å²) in [5.74, 6) is -0.563. The quantitative estimate of drug-likeness (QED) is 0.800. The highest BCUT2D eigenvalue weighted by Gasteiger charge is 2.20. The van der Waals surface area contributed by atoms with Gasteiger partial charge in [0.25, 0.3) is 0 Å². The molecule has 0 bridgehead atoms. The topological polar surface area (TPSA) is 23.6 Å². The standard InChI is InChI=1S/C18H20F2N2OS/c19-16-1-2-18(20)15(10-16)11-21-4-6-22(7-5-21)12-17(23)9-14-3-8-24-13-14/h1-3,8,10,13H,4-7,9,11-12H2. The minimum atomic E-state index is -0.413. The molecule has 0 amide bonds. The van der Waals surface area contributed by atoms with Crippen LogP contribution in [0.4, 0.5) is 8.78 Å². The van der Waals surface area contributed by atoms with Gasteiger partial charge in [0.05, 0.1) is 6.54 Å². The summed E-state index contributed by atoms with van der Waals surface area (Å²) < 4.78 is 26.9. The fraction of sp³-hybridized carbons (Fsp3) is 0.389. The summed E-state index contributed by atoms with van der Waals surface area (Å²) in [5, 5.41) is 3.98. The molecule has 1 saturated heterocycles. The number of rotatable bonds is 6. The number of hydrogen-bond donors (Lipinski definition) is 0. The maximum atomic E-state index is 13.7. The van der Waals surface area contributed by atoms with E-state index in [1.165, 1.54) is 12.1 Å². The molecule has 3 rings (SSSR count). The first-order chi connectivity index (χ1) is 11.6. The molecule has 128 valence electrons. The van der Waals surface area contributed by atoms with Gasteiger partial charge in [0.15, 0.2) is 5.78 Å². The molecule has 0 saturated carbocycles. The molecule has 0 spiro atoms. The highest BCUT2D eigenvalue weighted by molar-refractivity contribution is 7.08. The van der Waals surface area contributed by atoms with Gasteiger partial charge in [0.1, 0.15) is 11.6 Å². The largest absolute Gasteiger partial charge is 0.298 e. The van der Waals surface area contributed by atoms with Crippen molar-refractivity contribution in [2.75, 3.05) is 32.7 Å². The average Bonchev–Trinajstić information content (AvgIpc) is 3.05. The Hall–Kier alpha value is -1.63. The van der Waals surface area contributed by atoms with Crippen molar-refractivity contribution in [1.82, 2.24) is 9.80 Å². The van der Waals surface area contributed by atoms with Gasteiger partial charge < -0.3 is 0 Å². The highest BCUT2D eigenvalue weighted by Crippen LogP contribution is 2.14. The molecule has 1 aliphatic heterocycles. The van der Waals surface area contributed by atoms with E-state index < -0.39 is 5.82 Å². The molecule has 3 nitrogen and oxygen atoms in total. The Balaban J connectivity index is 1.45. The van der Waals surface area contributed by atoms with E-state index in [0.29, 0.717) is 25.1 Å². The van der Waals surface area contributed by atoms with Crippen molar-refractivity contribution in [3.8, 4) is 0 Å². The van der Waals surface area contributed by atoms with Gasteiger partial charge in [-0.25, -0.2) is 8.78 Å². The SMILES string of the molecule is O=C(Cc1ccsc1)CN1CCN(Cc2cc(F)ccc2F)CC1. The minimum absolute atomic E-state index is 0.220. The van der Waals surface area contributed by atoms with Gasteiger partial charge in [0.2, 0.25) is 0 Å². The molecule has 0 radical (unpaired) electrons. The number of carbonyl (C=O) groups is 1. The van der Waals surface area contributed by atoms with Crippen molar-refractivity contribution in [3.05, 3.63) is 57.8 Å². The van der Waals surface area contributed by atoms with E-state index in [2.05, 4.69) is 9.80 Å². The molecule has 6 heteroatoms. The van der Waals surface area contributed by atoms with Crippen LogP contribution in [-0.2, 0) is 17.8 Å². The van der Waals surface area contributed by atoms with Crippen LogP contribution in [-0.4, -0.2) is 48.3 Å². The van der Waals surface area contributed by atoms with Crippen LogP contribution in [0.25, 0.3) is 0 Å². The number of carbonyl (C=O) groups excluding carboxylic acids is 1. The molecule has 1 aromatic heterocycles. The van der Waals surface area contributed by atoms with E-state index in [9.17, 15) is 13.6 Å². The summed E-state index contributed by atoms with van der Waals surface area (Å²) >= 11 is 1.60. The summed E-state index contributed by atoms with van der Waals surface area (Å²) in [6, 6.07) is 5.54. The average molecular weight is 350 g/mol. The first kappa shape index (κ1) is 17.2. The second kappa shape index (κ2) is 7.96.